The summed E-state index contributed by atoms with van der Waals surface area (Å²) in [5.74, 6) is 1.38. The standard InChI is InChI=1S/C13H25N7/c1-4-10(2)17-12-11(14)13(16-9-15-12)18-20-7-5-19(3)6-8-20/h9-10H,4-8,14H2,1-3H3,(H2,15,16,17,18). The summed E-state index contributed by atoms with van der Waals surface area (Å²) in [5.41, 5.74) is 10.0. The monoisotopic (exact) mass is 279 g/mol. The molecule has 1 aliphatic rings. The van der Waals surface area contributed by atoms with Crippen molar-refractivity contribution in [3.05, 3.63) is 6.33 Å². The molecular weight excluding hydrogens is 254 g/mol. The number of hydrogen-bond acceptors (Lipinski definition) is 7. The molecule has 0 spiro atoms. The van der Waals surface area contributed by atoms with E-state index in [0.717, 1.165) is 32.6 Å². The lowest BCUT2D eigenvalue weighted by Gasteiger charge is -2.33. The molecule has 2 heterocycles. The summed E-state index contributed by atoms with van der Waals surface area (Å²) < 4.78 is 0. The van der Waals surface area contributed by atoms with Crippen LogP contribution < -0.4 is 16.5 Å². The summed E-state index contributed by atoms with van der Waals surface area (Å²) in [7, 11) is 2.13. The number of hydrazine groups is 1. The molecule has 1 saturated heterocycles. The Morgan fingerprint density at radius 1 is 1.25 bits per heavy atom. The van der Waals surface area contributed by atoms with Crippen molar-refractivity contribution >= 4 is 17.3 Å². The van der Waals surface area contributed by atoms with Crippen molar-refractivity contribution in [1.82, 2.24) is 19.9 Å². The molecule has 7 nitrogen and oxygen atoms in total. The predicted molar refractivity (Wildman–Crippen MR) is 82.5 cm³/mol. The number of nitrogens with one attached hydrogen (secondary N) is 2. The van der Waals surface area contributed by atoms with Crippen LogP contribution in [-0.2, 0) is 0 Å². The minimum Gasteiger partial charge on any atom is -0.393 e. The van der Waals surface area contributed by atoms with Crippen molar-refractivity contribution in [3.63, 3.8) is 0 Å². The van der Waals surface area contributed by atoms with Crippen molar-refractivity contribution in [2.45, 2.75) is 26.3 Å². The molecule has 0 saturated carbocycles. The highest BCUT2D eigenvalue weighted by atomic mass is 15.5. The highest BCUT2D eigenvalue weighted by Crippen LogP contribution is 2.23. The summed E-state index contributed by atoms with van der Waals surface area (Å²) in [6, 6.07) is 0.337. The molecule has 0 bridgehead atoms. The van der Waals surface area contributed by atoms with E-state index in [-0.39, 0.29) is 0 Å². The van der Waals surface area contributed by atoms with Gasteiger partial charge in [-0.2, -0.15) is 0 Å². The second kappa shape index (κ2) is 6.71. The van der Waals surface area contributed by atoms with Crippen LogP contribution in [0.15, 0.2) is 6.33 Å². The van der Waals surface area contributed by atoms with Gasteiger partial charge in [0.2, 0.25) is 0 Å². The van der Waals surface area contributed by atoms with Crippen molar-refractivity contribution in [2.75, 3.05) is 49.7 Å². The third-order valence-electron chi connectivity index (χ3n) is 3.65. The number of nitrogens with two attached hydrogens (primary N) is 1. The van der Waals surface area contributed by atoms with E-state index in [0.29, 0.717) is 23.4 Å². The first kappa shape index (κ1) is 14.8. The first-order chi connectivity index (χ1) is 9.60. The normalized spacial score (nSPS) is 18.8. The molecule has 0 aromatic carbocycles. The summed E-state index contributed by atoms with van der Waals surface area (Å²) in [6.07, 6.45) is 2.56. The van der Waals surface area contributed by atoms with Gasteiger partial charge in [0, 0.05) is 32.2 Å². The van der Waals surface area contributed by atoms with Gasteiger partial charge in [-0.15, -0.1) is 0 Å². The van der Waals surface area contributed by atoms with Crippen LogP contribution in [0.5, 0.6) is 0 Å². The molecule has 1 aliphatic heterocycles. The van der Waals surface area contributed by atoms with Gasteiger partial charge in [-0.05, 0) is 20.4 Å². The molecule has 112 valence electrons. The Kier molecular flexibility index (Phi) is 4.97. The second-order valence-electron chi connectivity index (χ2n) is 5.34. The molecule has 0 amide bonds. The fourth-order valence-corrected chi connectivity index (χ4v) is 2.00. The number of aromatic nitrogens is 2. The third kappa shape index (κ3) is 3.71. The van der Waals surface area contributed by atoms with Crippen LogP contribution in [-0.4, -0.2) is 59.1 Å². The number of rotatable bonds is 5. The lowest BCUT2D eigenvalue weighted by molar-refractivity contribution is 0.178. The molecule has 7 heteroatoms. The Balaban J connectivity index is 2.02. The average Bonchev–Trinajstić information content (AvgIpc) is 2.45. The molecule has 20 heavy (non-hydrogen) atoms. The van der Waals surface area contributed by atoms with Gasteiger partial charge in [0.1, 0.15) is 12.0 Å². The first-order valence-electron chi connectivity index (χ1n) is 7.17. The number of anilines is 3. The fraction of sp³-hybridized carbons (Fsp3) is 0.692. The Morgan fingerprint density at radius 3 is 2.55 bits per heavy atom. The minimum atomic E-state index is 0.337. The van der Waals surface area contributed by atoms with Gasteiger partial charge in [0.25, 0.3) is 0 Å². The molecule has 0 aliphatic carbocycles. The lowest BCUT2D eigenvalue weighted by atomic mass is 10.2. The molecule has 1 unspecified atom stereocenters. The Bertz CT molecular complexity index is 429. The lowest BCUT2D eigenvalue weighted by Crippen LogP contribution is -2.47. The number of piperazine rings is 1. The quantitative estimate of drug-likeness (QED) is 0.737. The summed E-state index contributed by atoms with van der Waals surface area (Å²) in [5, 5.41) is 5.45. The maximum Gasteiger partial charge on any atom is 0.169 e. The van der Waals surface area contributed by atoms with E-state index in [2.05, 4.69) is 51.5 Å². The smallest absolute Gasteiger partial charge is 0.169 e. The van der Waals surface area contributed by atoms with Crippen molar-refractivity contribution in [3.8, 4) is 0 Å². The summed E-state index contributed by atoms with van der Waals surface area (Å²) >= 11 is 0. The molecule has 0 radical (unpaired) electrons. The Hall–Kier alpha value is -1.60. The highest BCUT2D eigenvalue weighted by molar-refractivity contribution is 5.73. The molecule has 2 rings (SSSR count). The van der Waals surface area contributed by atoms with Crippen LogP contribution in [0, 0.1) is 0 Å². The van der Waals surface area contributed by atoms with E-state index >= 15 is 0 Å². The molecule has 1 aromatic rings. The number of likely N-dealkylation sites (N-methyl/N-ethyl adjacent to an activating group) is 1. The van der Waals surface area contributed by atoms with Gasteiger partial charge in [0.15, 0.2) is 11.6 Å². The van der Waals surface area contributed by atoms with E-state index in [1.807, 2.05) is 0 Å². The zero-order valence-corrected chi connectivity index (χ0v) is 12.6. The largest absolute Gasteiger partial charge is 0.393 e. The second-order valence-corrected chi connectivity index (χ2v) is 5.34. The van der Waals surface area contributed by atoms with Crippen LogP contribution in [0.3, 0.4) is 0 Å². The van der Waals surface area contributed by atoms with E-state index < -0.39 is 0 Å². The van der Waals surface area contributed by atoms with Crippen LogP contribution in [0.2, 0.25) is 0 Å². The number of nitrogen functional groups attached to an aromatic ring is 1. The topological polar surface area (TPSA) is 82.3 Å². The minimum absolute atomic E-state index is 0.337. The molecular formula is C13H25N7. The van der Waals surface area contributed by atoms with Gasteiger partial charge >= 0.3 is 0 Å². The maximum absolute atomic E-state index is 6.14. The summed E-state index contributed by atoms with van der Waals surface area (Å²) in [4.78, 5) is 10.8. The van der Waals surface area contributed by atoms with Gasteiger partial charge in [-0.3, -0.25) is 0 Å². The number of hydrogen-bond donors (Lipinski definition) is 3. The van der Waals surface area contributed by atoms with Crippen molar-refractivity contribution in [1.29, 1.82) is 0 Å². The Labute approximate surface area is 120 Å². The summed E-state index contributed by atoms with van der Waals surface area (Å²) in [6.45, 7) is 8.21. The maximum atomic E-state index is 6.14. The van der Waals surface area contributed by atoms with Gasteiger partial charge < -0.3 is 21.4 Å². The van der Waals surface area contributed by atoms with E-state index in [4.69, 9.17) is 5.73 Å². The molecule has 1 atom stereocenters. The molecule has 1 aromatic heterocycles. The van der Waals surface area contributed by atoms with Crippen LogP contribution >= 0.6 is 0 Å². The fourth-order valence-electron chi connectivity index (χ4n) is 2.00. The SMILES string of the molecule is CCC(C)Nc1ncnc(NN2CCN(C)CC2)c1N. The van der Waals surface area contributed by atoms with Crippen LogP contribution in [0.1, 0.15) is 20.3 Å². The van der Waals surface area contributed by atoms with E-state index in [1.165, 1.54) is 0 Å². The molecule has 4 N–H and O–H groups in total. The van der Waals surface area contributed by atoms with Gasteiger partial charge in [-0.1, -0.05) is 6.92 Å². The van der Waals surface area contributed by atoms with Gasteiger partial charge in [0.05, 0.1) is 0 Å². The van der Waals surface area contributed by atoms with Crippen molar-refractivity contribution in [2.24, 2.45) is 0 Å². The molecule has 1 fully saturated rings. The van der Waals surface area contributed by atoms with E-state index in [1.54, 1.807) is 6.33 Å². The van der Waals surface area contributed by atoms with Crippen LogP contribution in [0.4, 0.5) is 17.3 Å². The highest BCUT2D eigenvalue weighted by Gasteiger charge is 2.16. The zero-order chi connectivity index (χ0) is 14.5. The van der Waals surface area contributed by atoms with E-state index in [9.17, 15) is 0 Å². The average molecular weight is 279 g/mol. The van der Waals surface area contributed by atoms with Crippen LogP contribution in [0.25, 0.3) is 0 Å². The Morgan fingerprint density at radius 2 is 1.90 bits per heavy atom. The van der Waals surface area contributed by atoms with Gasteiger partial charge in [-0.25, -0.2) is 15.0 Å². The third-order valence-corrected chi connectivity index (χ3v) is 3.65. The van der Waals surface area contributed by atoms with Crippen molar-refractivity contribution < 1.29 is 0 Å². The predicted octanol–water partition coefficient (Wildman–Crippen LogP) is 0.844. The first-order valence-corrected chi connectivity index (χ1v) is 7.17. The zero-order valence-electron chi connectivity index (χ0n) is 12.6. The number of nitrogens with zero attached hydrogens (tertiary/aromatic N) is 4.